The van der Waals surface area contributed by atoms with Gasteiger partial charge >= 0.3 is 5.97 Å². The lowest BCUT2D eigenvalue weighted by Gasteiger charge is -2.70. The predicted molar refractivity (Wildman–Crippen MR) is 132 cm³/mol. The smallest absolute Gasteiger partial charge is 0.309 e. The van der Waals surface area contributed by atoms with Crippen molar-refractivity contribution in [2.45, 2.75) is 118 Å². The number of epoxide rings is 1. The zero-order valence-electron chi connectivity index (χ0n) is 22.4. The van der Waals surface area contributed by atoms with Crippen LogP contribution in [-0.4, -0.2) is 34.5 Å². The Balaban J connectivity index is 1.43. The number of aliphatic hydroxyl groups is 1. The van der Waals surface area contributed by atoms with Gasteiger partial charge in [-0.1, -0.05) is 53.2 Å². The number of ether oxygens (including phenoxy) is 1. The normalized spacial score (nSPS) is 59.4. The van der Waals surface area contributed by atoms with Gasteiger partial charge in [0.1, 0.15) is 6.10 Å². The van der Waals surface area contributed by atoms with E-state index in [9.17, 15) is 15.0 Å². The Morgan fingerprint density at radius 3 is 2.32 bits per heavy atom. The Labute approximate surface area is 205 Å². The van der Waals surface area contributed by atoms with Crippen molar-refractivity contribution in [2.75, 3.05) is 0 Å². The fraction of sp³-hybridized carbons (Fsp3) is 0.900. The minimum atomic E-state index is -0.615. The molecule has 6 aliphatic rings. The first kappa shape index (κ1) is 23.5. The molecule has 0 bridgehead atoms. The first-order chi connectivity index (χ1) is 15.7. The van der Waals surface area contributed by atoms with Crippen LogP contribution in [0, 0.1) is 50.2 Å². The molecular weight excluding hydrogens is 424 g/mol. The Bertz CT molecular complexity index is 969. The van der Waals surface area contributed by atoms with E-state index < -0.39 is 11.4 Å². The van der Waals surface area contributed by atoms with Gasteiger partial charge in [0.25, 0.3) is 0 Å². The van der Waals surface area contributed by atoms with Crippen LogP contribution in [0.1, 0.15) is 99.8 Å². The first-order valence-electron chi connectivity index (χ1n) is 13.9. The lowest BCUT2D eigenvalue weighted by molar-refractivity contribution is -0.193. The molecule has 2 N–H and O–H groups in total. The molecule has 11 atom stereocenters. The molecule has 0 aromatic rings. The summed E-state index contributed by atoms with van der Waals surface area (Å²) in [5, 5.41) is 21.1. The fourth-order valence-electron chi connectivity index (χ4n) is 10.9. The highest BCUT2D eigenvalue weighted by Gasteiger charge is 2.75. The van der Waals surface area contributed by atoms with Crippen LogP contribution in [-0.2, 0) is 9.53 Å². The summed E-state index contributed by atoms with van der Waals surface area (Å²) >= 11 is 0. The number of rotatable bonds is 1. The molecule has 190 valence electrons. The van der Waals surface area contributed by atoms with Gasteiger partial charge < -0.3 is 14.9 Å². The van der Waals surface area contributed by atoms with E-state index in [0.29, 0.717) is 17.8 Å². The highest BCUT2D eigenvalue weighted by Crippen LogP contribution is 2.77. The monoisotopic (exact) mass is 470 g/mol. The SMILES string of the molecule is CC1(C)C2CC[C@]3(C)C(CC=C4C5C[C@@](C)(C(=O)O)CC[C@]5(C)CC[C@]43C)[C@@]2(C)[C@@H]2O[C@@H]2[C@@H]1O. The predicted octanol–water partition coefficient (Wildman–Crippen LogP) is 6.22. The number of aliphatic hydroxyl groups excluding tert-OH is 1. The zero-order valence-corrected chi connectivity index (χ0v) is 22.4. The number of aliphatic carboxylic acids is 1. The quantitative estimate of drug-likeness (QED) is 0.352. The van der Waals surface area contributed by atoms with Gasteiger partial charge in [-0.05, 0) is 97.7 Å². The summed E-state index contributed by atoms with van der Waals surface area (Å²) in [6, 6.07) is 0. The van der Waals surface area contributed by atoms with E-state index in [4.69, 9.17) is 4.74 Å². The van der Waals surface area contributed by atoms with Gasteiger partial charge in [-0.15, -0.1) is 0 Å². The molecule has 3 unspecified atom stereocenters. The third kappa shape index (κ3) is 2.51. The third-order valence-electron chi connectivity index (χ3n) is 13.6. The second kappa shape index (κ2) is 6.52. The van der Waals surface area contributed by atoms with Gasteiger partial charge in [-0.2, -0.15) is 0 Å². The number of carbonyl (C=O) groups is 1. The van der Waals surface area contributed by atoms with E-state index >= 15 is 0 Å². The van der Waals surface area contributed by atoms with Crippen molar-refractivity contribution >= 4 is 5.97 Å². The summed E-state index contributed by atoms with van der Waals surface area (Å²) in [5.41, 5.74) is 1.45. The fourth-order valence-corrected chi connectivity index (χ4v) is 10.9. The molecule has 5 aliphatic carbocycles. The minimum absolute atomic E-state index is 0.000971. The summed E-state index contributed by atoms with van der Waals surface area (Å²) in [6.45, 7) is 16.6. The standard InChI is InChI=1S/C30H46O4/c1-25(2)19-10-11-29(6)20(30(19,7)23-21(34-23)22(25)31)9-8-17-18-16-27(4,24(32)33)13-12-26(18,3)14-15-28(17,29)5/h8,18-23,31H,9-16H2,1-7H3,(H,32,33)/t18?,19?,20?,21-,22+,23-,26-,27+,28-,29-,30+/m1/s1. The van der Waals surface area contributed by atoms with E-state index in [1.165, 1.54) is 19.3 Å². The zero-order chi connectivity index (χ0) is 24.7. The summed E-state index contributed by atoms with van der Waals surface area (Å²) in [5.74, 6) is 0.761. The highest BCUT2D eigenvalue weighted by atomic mass is 16.6. The Hall–Kier alpha value is -0.870. The van der Waals surface area contributed by atoms with Crippen LogP contribution >= 0.6 is 0 Å². The van der Waals surface area contributed by atoms with Crippen LogP contribution in [0.3, 0.4) is 0 Å². The summed E-state index contributed by atoms with van der Waals surface area (Å²) in [4.78, 5) is 12.3. The van der Waals surface area contributed by atoms with Crippen molar-refractivity contribution in [2.24, 2.45) is 50.2 Å². The van der Waals surface area contributed by atoms with E-state index in [-0.39, 0.29) is 45.4 Å². The second-order valence-electron chi connectivity index (χ2n) is 15.2. The van der Waals surface area contributed by atoms with Crippen molar-refractivity contribution in [1.82, 2.24) is 0 Å². The lowest BCUT2D eigenvalue weighted by Crippen LogP contribution is -2.66. The van der Waals surface area contributed by atoms with Gasteiger partial charge in [0.05, 0.1) is 17.6 Å². The van der Waals surface area contributed by atoms with Gasteiger partial charge in [0, 0.05) is 5.41 Å². The maximum atomic E-state index is 12.3. The maximum Gasteiger partial charge on any atom is 0.309 e. The number of carboxylic acids is 1. The van der Waals surface area contributed by atoms with E-state index in [1.54, 1.807) is 5.57 Å². The molecule has 4 nitrogen and oxygen atoms in total. The number of hydrogen-bond donors (Lipinski definition) is 2. The molecule has 1 saturated heterocycles. The summed E-state index contributed by atoms with van der Waals surface area (Å²) in [6.07, 6.45) is 10.9. The summed E-state index contributed by atoms with van der Waals surface area (Å²) < 4.78 is 6.28. The third-order valence-corrected chi connectivity index (χ3v) is 13.6. The average molecular weight is 471 g/mol. The Morgan fingerprint density at radius 2 is 1.65 bits per heavy atom. The average Bonchev–Trinajstić information content (AvgIpc) is 3.56. The lowest BCUT2D eigenvalue weighted by atomic mass is 9.33. The van der Waals surface area contributed by atoms with E-state index in [0.717, 1.165) is 32.1 Å². The van der Waals surface area contributed by atoms with Gasteiger partial charge in [-0.25, -0.2) is 0 Å². The van der Waals surface area contributed by atoms with Gasteiger partial charge in [-0.3, -0.25) is 4.79 Å². The van der Waals surface area contributed by atoms with E-state index in [2.05, 4.69) is 47.6 Å². The molecule has 4 saturated carbocycles. The van der Waals surface area contributed by atoms with Crippen molar-refractivity contribution in [3.05, 3.63) is 11.6 Å². The Kier molecular flexibility index (Phi) is 4.51. The molecule has 0 radical (unpaired) electrons. The highest BCUT2D eigenvalue weighted by molar-refractivity contribution is 5.74. The number of hydrogen-bond acceptors (Lipinski definition) is 3. The van der Waals surface area contributed by atoms with Crippen LogP contribution in [0.5, 0.6) is 0 Å². The molecule has 6 rings (SSSR count). The molecule has 4 heteroatoms. The van der Waals surface area contributed by atoms with Crippen LogP contribution in [0.2, 0.25) is 0 Å². The van der Waals surface area contributed by atoms with Crippen molar-refractivity contribution < 1.29 is 19.7 Å². The van der Waals surface area contributed by atoms with Crippen molar-refractivity contribution in [1.29, 1.82) is 0 Å². The number of carboxylic acid groups (broad SMARTS) is 1. The molecule has 5 fully saturated rings. The van der Waals surface area contributed by atoms with E-state index in [1.807, 2.05) is 6.92 Å². The molecule has 0 aromatic carbocycles. The van der Waals surface area contributed by atoms with Crippen molar-refractivity contribution in [3.63, 3.8) is 0 Å². The Morgan fingerprint density at radius 1 is 0.971 bits per heavy atom. The summed E-state index contributed by atoms with van der Waals surface area (Å²) in [7, 11) is 0. The van der Waals surface area contributed by atoms with Gasteiger partial charge in [0.15, 0.2) is 0 Å². The molecule has 34 heavy (non-hydrogen) atoms. The number of allylic oxidation sites excluding steroid dienone is 2. The van der Waals surface area contributed by atoms with Gasteiger partial charge in [0.2, 0.25) is 0 Å². The molecule has 1 heterocycles. The van der Waals surface area contributed by atoms with Crippen LogP contribution in [0.25, 0.3) is 0 Å². The van der Waals surface area contributed by atoms with Crippen molar-refractivity contribution in [3.8, 4) is 0 Å². The topological polar surface area (TPSA) is 70.1 Å². The minimum Gasteiger partial charge on any atom is -0.481 e. The molecule has 0 amide bonds. The first-order valence-corrected chi connectivity index (χ1v) is 13.9. The maximum absolute atomic E-state index is 12.3. The molecule has 0 spiro atoms. The van der Waals surface area contributed by atoms with Crippen LogP contribution < -0.4 is 0 Å². The van der Waals surface area contributed by atoms with Crippen LogP contribution in [0.15, 0.2) is 11.6 Å². The molecule has 1 aliphatic heterocycles. The number of fused-ring (bicyclic) bond motifs is 9. The van der Waals surface area contributed by atoms with Crippen LogP contribution in [0.4, 0.5) is 0 Å². The largest absolute Gasteiger partial charge is 0.481 e. The molecule has 0 aromatic heterocycles. The second-order valence-corrected chi connectivity index (χ2v) is 15.2. The molecular formula is C30H46O4.